The molecule has 0 aliphatic rings. The molecule has 4 N–H and O–H groups in total. The fourth-order valence-electron chi connectivity index (χ4n) is 1.84. The number of nitrogens with one attached hydrogen (secondary N) is 1. The number of halogens is 1. The normalized spacial score (nSPS) is 13.0. The molecule has 0 heterocycles. The van der Waals surface area contributed by atoms with Gasteiger partial charge in [-0.25, -0.2) is 13.1 Å². The first-order chi connectivity index (χ1) is 9.94. The SMILES string of the molecule is Nc1cc(S(=O)(=O)NC(CO)c2ccccc2)ccc1Br. The number of hydrogen-bond acceptors (Lipinski definition) is 4. The van der Waals surface area contributed by atoms with Crippen LogP contribution >= 0.6 is 15.9 Å². The van der Waals surface area contributed by atoms with Crippen molar-refractivity contribution in [2.24, 2.45) is 0 Å². The van der Waals surface area contributed by atoms with E-state index in [9.17, 15) is 13.5 Å². The molecule has 1 atom stereocenters. The van der Waals surface area contributed by atoms with Crippen LogP contribution in [0, 0.1) is 0 Å². The standard InChI is InChI=1S/C14H15BrN2O3S/c15-12-7-6-11(8-13(12)16)21(19,20)17-14(9-18)10-4-2-1-3-5-10/h1-8,14,17-18H,9,16H2. The van der Waals surface area contributed by atoms with Crippen molar-refractivity contribution in [2.45, 2.75) is 10.9 Å². The highest BCUT2D eigenvalue weighted by Crippen LogP contribution is 2.24. The number of rotatable bonds is 5. The van der Waals surface area contributed by atoms with Gasteiger partial charge in [-0.1, -0.05) is 30.3 Å². The van der Waals surface area contributed by atoms with Gasteiger partial charge in [0.15, 0.2) is 0 Å². The first-order valence-electron chi connectivity index (χ1n) is 6.17. The second kappa shape index (κ2) is 6.57. The Morgan fingerprint density at radius 2 is 1.86 bits per heavy atom. The first-order valence-corrected chi connectivity index (χ1v) is 8.45. The largest absolute Gasteiger partial charge is 0.398 e. The third-order valence-corrected chi connectivity index (χ3v) is 5.15. The van der Waals surface area contributed by atoms with E-state index in [4.69, 9.17) is 5.73 Å². The summed E-state index contributed by atoms with van der Waals surface area (Å²) < 4.78 is 27.8. The topological polar surface area (TPSA) is 92.4 Å². The molecule has 21 heavy (non-hydrogen) atoms. The zero-order valence-corrected chi connectivity index (χ0v) is 13.4. The minimum Gasteiger partial charge on any atom is -0.398 e. The van der Waals surface area contributed by atoms with Gasteiger partial charge < -0.3 is 10.8 Å². The number of hydrogen-bond donors (Lipinski definition) is 3. The number of aliphatic hydroxyl groups is 1. The molecule has 7 heteroatoms. The van der Waals surface area contributed by atoms with Crippen LogP contribution in [0.1, 0.15) is 11.6 Å². The molecule has 2 aromatic carbocycles. The second-order valence-electron chi connectivity index (χ2n) is 4.45. The first kappa shape index (κ1) is 16.0. The highest BCUT2D eigenvalue weighted by molar-refractivity contribution is 9.10. The lowest BCUT2D eigenvalue weighted by atomic mass is 10.1. The maximum Gasteiger partial charge on any atom is 0.241 e. The average molecular weight is 371 g/mol. The number of benzene rings is 2. The number of sulfonamides is 1. The van der Waals surface area contributed by atoms with Crippen molar-refractivity contribution in [3.8, 4) is 0 Å². The fourth-order valence-corrected chi connectivity index (χ4v) is 3.34. The molecule has 0 spiro atoms. The average Bonchev–Trinajstić information content (AvgIpc) is 2.48. The molecule has 5 nitrogen and oxygen atoms in total. The lowest BCUT2D eigenvalue weighted by Crippen LogP contribution is -2.30. The molecule has 2 aromatic rings. The van der Waals surface area contributed by atoms with Gasteiger partial charge in [0.25, 0.3) is 0 Å². The molecule has 2 rings (SSSR count). The number of nitrogens with two attached hydrogens (primary N) is 1. The van der Waals surface area contributed by atoms with Crippen molar-refractivity contribution in [1.82, 2.24) is 4.72 Å². The predicted octanol–water partition coefficient (Wildman–Crippen LogP) is 2.04. The van der Waals surface area contributed by atoms with E-state index in [1.807, 2.05) is 6.07 Å². The maximum absolute atomic E-state index is 12.3. The van der Waals surface area contributed by atoms with Crippen molar-refractivity contribution in [1.29, 1.82) is 0 Å². The molecule has 0 amide bonds. The smallest absolute Gasteiger partial charge is 0.241 e. The van der Waals surface area contributed by atoms with Crippen molar-refractivity contribution in [3.05, 3.63) is 58.6 Å². The summed E-state index contributed by atoms with van der Waals surface area (Å²) in [5, 5.41) is 9.43. The molecule has 1 unspecified atom stereocenters. The van der Waals surface area contributed by atoms with Gasteiger partial charge in [0.2, 0.25) is 10.0 Å². The molecule has 0 fully saturated rings. The Morgan fingerprint density at radius 1 is 1.19 bits per heavy atom. The van der Waals surface area contributed by atoms with Crippen LogP contribution in [0.3, 0.4) is 0 Å². The Kier molecular flexibility index (Phi) is 5.00. The fraction of sp³-hybridized carbons (Fsp3) is 0.143. The zero-order valence-electron chi connectivity index (χ0n) is 11.0. The lowest BCUT2D eigenvalue weighted by Gasteiger charge is -2.17. The summed E-state index contributed by atoms with van der Waals surface area (Å²) in [6, 6.07) is 12.6. The van der Waals surface area contributed by atoms with Crippen LogP contribution in [0.2, 0.25) is 0 Å². The van der Waals surface area contributed by atoms with E-state index in [-0.39, 0.29) is 11.5 Å². The summed E-state index contributed by atoms with van der Waals surface area (Å²) in [5.41, 5.74) is 6.72. The van der Waals surface area contributed by atoms with E-state index in [0.29, 0.717) is 15.7 Å². The van der Waals surface area contributed by atoms with E-state index < -0.39 is 16.1 Å². The van der Waals surface area contributed by atoms with Gasteiger partial charge in [-0.2, -0.15) is 0 Å². The monoisotopic (exact) mass is 370 g/mol. The quantitative estimate of drug-likeness (QED) is 0.702. The van der Waals surface area contributed by atoms with Crippen LogP contribution in [-0.2, 0) is 10.0 Å². The van der Waals surface area contributed by atoms with Crippen molar-refractivity contribution in [2.75, 3.05) is 12.3 Å². The Balaban J connectivity index is 2.29. The molecule has 0 aromatic heterocycles. The molecular weight excluding hydrogens is 356 g/mol. The summed E-state index contributed by atoms with van der Waals surface area (Å²) in [6.45, 7) is -0.338. The van der Waals surface area contributed by atoms with Gasteiger partial charge in [0.1, 0.15) is 0 Å². The second-order valence-corrected chi connectivity index (χ2v) is 7.02. The summed E-state index contributed by atoms with van der Waals surface area (Å²) in [6.07, 6.45) is 0. The molecule has 0 aliphatic carbocycles. The maximum atomic E-state index is 12.3. The highest BCUT2D eigenvalue weighted by Gasteiger charge is 2.21. The van der Waals surface area contributed by atoms with Crippen LogP contribution in [-0.4, -0.2) is 20.1 Å². The van der Waals surface area contributed by atoms with Gasteiger partial charge >= 0.3 is 0 Å². The van der Waals surface area contributed by atoms with E-state index in [0.717, 1.165) is 0 Å². The molecule has 112 valence electrons. The molecule has 0 radical (unpaired) electrons. The van der Waals surface area contributed by atoms with Crippen LogP contribution in [0.4, 0.5) is 5.69 Å². The van der Waals surface area contributed by atoms with E-state index in [1.54, 1.807) is 30.3 Å². The lowest BCUT2D eigenvalue weighted by molar-refractivity contribution is 0.259. The van der Waals surface area contributed by atoms with Crippen LogP contribution in [0.25, 0.3) is 0 Å². The summed E-state index contributed by atoms with van der Waals surface area (Å²) >= 11 is 3.22. The van der Waals surface area contributed by atoms with Crippen molar-refractivity contribution < 1.29 is 13.5 Å². The summed E-state index contributed by atoms with van der Waals surface area (Å²) in [4.78, 5) is 0.0533. The third kappa shape index (κ3) is 3.82. The summed E-state index contributed by atoms with van der Waals surface area (Å²) in [5.74, 6) is 0. The molecule has 0 aliphatic heterocycles. The van der Waals surface area contributed by atoms with E-state index in [2.05, 4.69) is 20.7 Å². The van der Waals surface area contributed by atoms with Gasteiger partial charge in [0.05, 0.1) is 17.5 Å². The van der Waals surface area contributed by atoms with Gasteiger partial charge in [0, 0.05) is 10.2 Å². The Hall–Kier alpha value is -1.41. The molecular formula is C14H15BrN2O3S. The third-order valence-electron chi connectivity index (χ3n) is 2.96. The zero-order chi connectivity index (χ0) is 15.5. The van der Waals surface area contributed by atoms with Crippen LogP contribution in [0.5, 0.6) is 0 Å². The minimum absolute atomic E-state index is 0.0533. The van der Waals surface area contributed by atoms with E-state index >= 15 is 0 Å². The number of nitrogen functional groups attached to an aromatic ring is 1. The highest BCUT2D eigenvalue weighted by atomic mass is 79.9. The molecule has 0 saturated heterocycles. The Morgan fingerprint density at radius 3 is 2.43 bits per heavy atom. The molecule has 0 saturated carbocycles. The van der Waals surface area contributed by atoms with Crippen LogP contribution < -0.4 is 10.5 Å². The predicted molar refractivity (Wildman–Crippen MR) is 85.1 cm³/mol. The van der Waals surface area contributed by atoms with Crippen LogP contribution in [0.15, 0.2) is 57.9 Å². The van der Waals surface area contributed by atoms with E-state index in [1.165, 1.54) is 12.1 Å². The summed E-state index contributed by atoms with van der Waals surface area (Å²) in [7, 11) is -3.77. The number of anilines is 1. The minimum atomic E-state index is -3.77. The molecule has 0 bridgehead atoms. The van der Waals surface area contributed by atoms with Crippen molar-refractivity contribution in [3.63, 3.8) is 0 Å². The van der Waals surface area contributed by atoms with Gasteiger partial charge in [-0.15, -0.1) is 0 Å². The van der Waals surface area contributed by atoms with Gasteiger partial charge in [-0.3, -0.25) is 0 Å². The Labute approximate surface area is 132 Å². The van der Waals surface area contributed by atoms with Gasteiger partial charge in [-0.05, 0) is 39.7 Å². The Bertz CT molecular complexity index is 720. The van der Waals surface area contributed by atoms with Crippen molar-refractivity contribution >= 4 is 31.6 Å². The number of aliphatic hydroxyl groups excluding tert-OH is 1.